The van der Waals surface area contributed by atoms with E-state index in [4.69, 9.17) is 22.0 Å². The fourth-order valence-corrected chi connectivity index (χ4v) is 5.71. The van der Waals surface area contributed by atoms with E-state index >= 15 is 4.39 Å². The summed E-state index contributed by atoms with van der Waals surface area (Å²) in [7, 11) is 1.59. The first-order valence-electron chi connectivity index (χ1n) is 10.2. The zero-order valence-corrected chi connectivity index (χ0v) is 18.2. The lowest BCUT2D eigenvalue weighted by Gasteiger charge is -2.45. The topological polar surface area (TPSA) is 77.8 Å². The molecular weight excluding hydrogens is 425 g/mol. The van der Waals surface area contributed by atoms with Crippen LogP contribution in [0.5, 0.6) is 5.88 Å². The minimum absolute atomic E-state index is 0.0665. The summed E-state index contributed by atoms with van der Waals surface area (Å²) in [5.74, 6) is 1.02. The maximum absolute atomic E-state index is 15.4. The first-order chi connectivity index (χ1) is 15.5. The van der Waals surface area contributed by atoms with Crippen molar-refractivity contribution < 1.29 is 9.13 Å². The molecule has 0 saturated carbocycles. The number of fused-ring (bicyclic) bond motifs is 2. The molecule has 1 aliphatic carbocycles. The van der Waals surface area contributed by atoms with E-state index in [9.17, 15) is 0 Å². The molecule has 8 heteroatoms. The number of benzene rings is 1. The Bertz CT molecular complexity index is 1290. The van der Waals surface area contributed by atoms with Crippen molar-refractivity contribution in [3.05, 3.63) is 82.8 Å². The smallest absolute Gasteiger partial charge is 0.216 e. The largest absolute Gasteiger partial charge is 0.481 e. The van der Waals surface area contributed by atoms with Gasteiger partial charge in [0.25, 0.3) is 0 Å². The molecule has 0 fully saturated rings. The minimum Gasteiger partial charge on any atom is -0.481 e. The molecule has 2 aliphatic rings. The van der Waals surface area contributed by atoms with Crippen LogP contribution in [-0.4, -0.2) is 28.0 Å². The number of methoxy groups -OCH3 is 1. The van der Waals surface area contributed by atoms with Crippen LogP contribution >= 0.6 is 11.8 Å². The summed E-state index contributed by atoms with van der Waals surface area (Å²) in [6, 6.07) is 8.75. The number of hydrogen-bond donors (Lipinski definition) is 1. The molecule has 3 heterocycles. The van der Waals surface area contributed by atoms with Crippen LogP contribution in [0.15, 0.2) is 53.9 Å². The monoisotopic (exact) mass is 445 g/mol. The van der Waals surface area contributed by atoms with Gasteiger partial charge in [0.15, 0.2) is 5.17 Å². The molecule has 0 spiro atoms. The van der Waals surface area contributed by atoms with E-state index in [1.54, 1.807) is 31.6 Å². The molecule has 3 aromatic rings. The van der Waals surface area contributed by atoms with Crippen molar-refractivity contribution in [3.63, 3.8) is 0 Å². The van der Waals surface area contributed by atoms with Crippen molar-refractivity contribution >= 4 is 22.6 Å². The molecule has 32 heavy (non-hydrogen) atoms. The van der Waals surface area contributed by atoms with Gasteiger partial charge in [-0.1, -0.05) is 17.8 Å². The highest BCUT2D eigenvalue weighted by atomic mass is 32.2. The van der Waals surface area contributed by atoms with E-state index in [1.807, 2.05) is 12.1 Å². The number of halogens is 1. The molecule has 0 amide bonds. The Morgan fingerprint density at radius 1 is 1.25 bits per heavy atom. The average molecular weight is 446 g/mol. The Hall–Kier alpha value is -3.44. The van der Waals surface area contributed by atoms with Gasteiger partial charge in [0.2, 0.25) is 11.6 Å². The summed E-state index contributed by atoms with van der Waals surface area (Å²) in [5.41, 5.74) is 9.89. The number of aromatic nitrogens is 2. The van der Waals surface area contributed by atoms with Crippen LogP contribution in [0.3, 0.4) is 0 Å². The first-order valence-corrected chi connectivity index (χ1v) is 11.1. The van der Waals surface area contributed by atoms with Gasteiger partial charge in [-0.25, -0.2) is 14.2 Å². The third-order valence-corrected chi connectivity index (χ3v) is 7.21. The first kappa shape index (κ1) is 20.5. The molecule has 0 saturated heterocycles. The van der Waals surface area contributed by atoms with Crippen LogP contribution in [0.25, 0.3) is 16.0 Å². The maximum atomic E-state index is 15.4. The molecule has 2 N–H and O–H groups in total. The predicted molar refractivity (Wildman–Crippen MR) is 123 cm³/mol. The van der Waals surface area contributed by atoms with E-state index in [-0.39, 0.29) is 11.7 Å². The maximum Gasteiger partial charge on any atom is 0.216 e. The quantitative estimate of drug-likeness (QED) is 0.600. The van der Waals surface area contributed by atoms with Crippen LogP contribution in [0.2, 0.25) is 0 Å². The Kier molecular flexibility index (Phi) is 5.06. The molecule has 2 atom stereocenters. The second kappa shape index (κ2) is 7.92. The predicted octanol–water partition coefficient (Wildman–Crippen LogP) is 4.51. The second-order valence-electron chi connectivity index (χ2n) is 7.96. The Morgan fingerprint density at radius 2 is 2.12 bits per heavy atom. The van der Waals surface area contributed by atoms with Crippen LogP contribution in [-0.2, 0) is 18.4 Å². The number of ether oxygens (including phenoxy) is 1. The van der Waals surface area contributed by atoms with Crippen LogP contribution in [0.4, 0.5) is 10.1 Å². The Balaban J connectivity index is 1.70. The van der Waals surface area contributed by atoms with Crippen LogP contribution < -0.4 is 10.5 Å². The summed E-state index contributed by atoms with van der Waals surface area (Å²) < 4.78 is 21.0. The van der Waals surface area contributed by atoms with Gasteiger partial charge >= 0.3 is 0 Å². The van der Waals surface area contributed by atoms with Crippen molar-refractivity contribution in [3.8, 4) is 17.0 Å². The number of pyridine rings is 2. The minimum atomic E-state index is -0.858. The van der Waals surface area contributed by atoms with Gasteiger partial charge in [0.1, 0.15) is 5.82 Å². The number of nitrogens with two attached hydrogens (primary N) is 1. The average Bonchev–Trinajstić information content (AvgIpc) is 2.82. The SMILES string of the molecule is [C-]#[N+]c1cncc(-c2ccc(F)c([C@@]34Cc5c(ccnc5OC)C[C@@H]3CSC(N)=N4)c2)c1. The van der Waals surface area contributed by atoms with Crippen LogP contribution in [0.1, 0.15) is 16.7 Å². The highest BCUT2D eigenvalue weighted by molar-refractivity contribution is 8.13. The van der Waals surface area contributed by atoms with E-state index in [0.717, 1.165) is 34.4 Å². The number of thioether (sulfide) groups is 1. The molecule has 160 valence electrons. The molecule has 0 radical (unpaired) electrons. The lowest BCUT2D eigenvalue weighted by atomic mass is 9.67. The summed E-state index contributed by atoms with van der Waals surface area (Å²) in [4.78, 5) is 16.9. The number of hydrogen-bond acceptors (Lipinski definition) is 6. The van der Waals surface area contributed by atoms with E-state index in [0.29, 0.717) is 28.7 Å². The molecule has 0 bridgehead atoms. The highest BCUT2D eigenvalue weighted by Crippen LogP contribution is 2.50. The van der Waals surface area contributed by atoms with Gasteiger partial charge in [-0.3, -0.25) is 9.98 Å². The number of rotatable bonds is 3. The number of nitrogens with zero attached hydrogens (tertiary/aromatic N) is 4. The van der Waals surface area contributed by atoms with Crippen LogP contribution in [0, 0.1) is 18.3 Å². The molecule has 5 rings (SSSR count). The summed E-state index contributed by atoms with van der Waals surface area (Å²) in [5, 5.41) is 0.453. The lowest BCUT2D eigenvalue weighted by molar-refractivity contribution is 0.262. The van der Waals surface area contributed by atoms with E-state index < -0.39 is 5.54 Å². The van der Waals surface area contributed by atoms with Gasteiger partial charge in [-0.05, 0) is 47.4 Å². The molecular formula is C24H20FN5OS. The summed E-state index contributed by atoms with van der Waals surface area (Å²) in [6.07, 6.45) is 6.12. The van der Waals surface area contributed by atoms with Gasteiger partial charge in [-0.15, -0.1) is 0 Å². The standard InChI is InChI=1S/C24H20FN5OS/c1-27-18-8-16(11-28-12-18)14-3-4-21(25)20(9-14)24-10-19-15(5-6-29-22(19)31-2)7-17(24)13-32-23(26)30-24/h3-6,8-9,11-12,17H,7,10,13H2,2H3,(H2,26,30)/t17-,24-/m1/s1. The zero-order chi connectivity index (χ0) is 22.3. The lowest BCUT2D eigenvalue weighted by Crippen LogP contribution is -2.46. The zero-order valence-electron chi connectivity index (χ0n) is 17.4. The Morgan fingerprint density at radius 3 is 2.94 bits per heavy atom. The van der Waals surface area contributed by atoms with Gasteiger partial charge < -0.3 is 10.5 Å². The summed E-state index contributed by atoms with van der Waals surface area (Å²) >= 11 is 1.51. The van der Waals surface area contributed by atoms with Gasteiger partial charge in [-0.2, -0.15) is 0 Å². The van der Waals surface area contributed by atoms with Gasteiger partial charge in [0.05, 0.1) is 19.2 Å². The second-order valence-corrected chi connectivity index (χ2v) is 9.00. The normalized spacial score (nSPS) is 21.7. The van der Waals surface area contributed by atoms with Gasteiger partial charge in [0, 0.05) is 47.8 Å². The molecule has 1 aromatic carbocycles. The third-order valence-electron chi connectivity index (χ3n) is 6.26. The van der Waals surface area contributed by atoms with E-state index in [1.165, 1.54) is 24.0 Å². The summed E-state index contributed by atoms with van der Waals surface area (Å²) in [6.45, 7) is 7.26. The van der Waals surface area contributed by atoms with Crippen molar-refractivity contribution in [2.24, 2.45) is 16.6 Å². The fourth-order valence-electron chi connectivity index (χ4n) is 4.72. The third kappa shape index (κ3) is 3.30. The van der Waals surface area contributed by atoms with Crippen molar-refractivity contribution in [1.82, 2.24) is 9.97 Å². The van der Waals surface area contributed by atoms with Crippen molar-refractivity contribution in [1.29, 1.82) is 0 Å². The molecule has 6 nitrogen and oxygen atoms in total. The Labute approximate surface area is 189 Å². The molecule has 0 unspecified atom stereocenters. The van der Waals surface area contributed by atoms with Crippen molar-refractivity contribution in [2.45, 2.75) is 18.4 Å². The fraction of sp³-hybridized carbons (Fsp3) is 0.250. The molecule has 2 aromatic heterocycles. The number of amidine groups is 1. The number of aliphatic imine (C=N–C) groups is 1. The highest BCUT2D eigenvalue weighted by Gasteiger charge is 2.48. The molecule has 1 aliphatic heterocycles. The van der Waals surface area contributed by atoms with Crippen molar-refractivity contribution in [2.75, 3.05) is 12.9 Å². The van der Waals surface area contributed by atoms with E-state index in [2.05, 4.69) is 14.8 Å².